The van der Waals surface area contributed by atoms with Gasteiger partial charge in [0.1, 0.15) is 5.82 Å². The summed E-state index contributed by atoms with van der Waals surface area (Å²) < 4.78 is 0. The predicted octanol–water partition coefficient (Wildman–Crippen LogP) is 4.65. The van der Waals surface area contributed by atoms with Crippen molar-refractivity contribution in [3.63, 3.8) is 0 Å². The lowest BCUT2D eigenvalue weighted by atomic mass is 10.2. The van der Waals surface area contributed by atoms with E-state index in [2.05, 4.69) is 60.5 Å². The van der Waals surface area contributed by atoms with Gasteiger partial charge in [-0.05, 0) is 30.5 Å². The second-order valence-corrected chi connectivity index (χ2v) is 5.95. The third-order valence-electron chi connectivity index (χ3n) is 3.00. The molecule has 0 saturated heterocycles. The maximum Gasteiger partial charge on any atom is 0.125 e. The van der Waals surface area contributed by atoms with Crippen LogP contribution in [0, 0.1) is 6.92 Å². The average Bonchev–Trinajstić information content (AvgIpc) is 2.46. The molecule has 0 atom stereocenters. The molecule has 2 rings (SSSR count). The molecule has 106 valence electrons. The van der Waals surface area contributed by atoms with E-state index in [1.165, 1.54) is 16.7 Å². The smallest absolute Gasteiger partial charge is 0.125 e. The highest BCUT2D eigenvalue weighted by Gasteiger charge is 1.98. The number of pyridine rings is 1. The zero-order valence-corrected chi connectivity index (χ0v) is 13.0. The quantitative estimate of drug-likeness (QED) is 0.802. The van der Waals surface area contributed by atoms with Crippen LogP contribution < -0.4 is 5.32 Å². The van der Waals surface area contributed by atoms with E-state index in [1.807, 2.05) is 18.0 Å². The Morgan fingerprint density at radius 1 is 1.10 bits per heavy atom. The molecule has 0 aliphatic heterocycles. The number of hydrogen-bond donors (Lipinski definition) is 1. The molecule has 1 aromatic heterocycles. The fraction of sp³-hybridized carbons (Fsp3) is 0.353. The lowest BCUT2D eigenvalue weighted by Crippen LogP contribution is -2.01. The largest absolute Gasteiger partial charge is 0.370 e. The van der Waals surface area contributed by atoms with Gasteiger partial charge in [-0.25, -0.2) is 4.98 Å². The Morgan fingerprint density at radius 3 is 2.65 bits per heavy atom. The molecule has 1 N–H and O–H groups in total. The Bertz CT molecular complexity index is 523. The summed E-state index contributed by atoms with van der Waals surface area (Å²) >= 11 is 1.93. The van der Waals surface area contributed by atoms with Crippen molar-refractivity contribution in [3.8, 4) is 0 Å². The van der Waals surface area contributed by atoms with Crippen LogP contribution >= 0.6 is 11.8 Å². The van der Waals surface area contributed by atoms with Crippen molar-refractivity contribution >= 4 is 17.6 Å². The average molecular weight is 286 g/mol. The fourth-order valence-electron chi connectivity index (χ4n) is 1.96. The van der Waals surface area contributed by atoms with Crippen LogP contribution in [0.1, 0.15) is 30.0 Å². The number of rotatable bonds is 7. The molecule has 0 aliphatic rings. The van der Waals surface area contributed by atoms with Crippen LogP contribution in [-0.4, -0.2) is 11.5 Å². The van der Waals surface area contributed by atoms with Crippen molar-refractivity contribution in [2.24, 2.45) is 0 Å². The van der Waals surface area contributed by atoms with Gasteiger partial charge in [0, 0.05) is 24.2 Å². The van der Waals surface area contributed by atoms with Crippen molar-refractivity contribution < 1.29 is 0 Å². The summed E-state index contributed by atoms with van der Waals surface area (Å²) in [6.45, 7) is 5.28. The first-order chi connectivity index (χ1) is 9.78. The summed E-state index contributed by atoms with van der Waals surface area (Å²) in [6.07, 6.45) is 3.09. The number of thioether (sulfide) groups is 1. The maximum absolute atomic E-state index is 4.43. The molecule has 1 aromatic carbocycles. The summed E-state index contributed by atoms with van der Waals surface area (Å²) in [6, 6.07) is 12.9. The molecule has 0 bridgehead atoms. The fourth-order valence-corrected chi connectivity index (χ4v) is 2.88. The van der Waals surface area contributed by atoms with E-state index >= 15 is 0 Å². The number of benzene rings is 1. The normalized spacial score (nSPS) is 10.5. The van der Waals surface area contributed by atoms with Crippen LogP contribution in [0.25, 0.3) is 0 Å². The van der Waals surface area contributed by atoms with Crippen molar-refractivity contribution in [1.82, 2.24) is 4.98 Å². The van der Waals surface area contributed by atoms with Gasteiger partial charge in [-0.2, -0.15) is 11.8 Å². The second-order valence-electron chi connectivity index (χ2n) is 4.96. The molecule has 1 heterocycles. The van der Waals surface area contributed by atoms with Crippen LogP contribution in [0.3, 0.4) is 0 Å². The summed E-state index contributed by atoms with van der Waals surface area (Å²) in [5.74, 6) is 3.03. The molecule has 0 unspecified atom stereocenters. The minimum Gasteiger partial charge on any atom is -0.370 e. The Labute approximate surface area is 126 Å². The zero-order valence-electron chi connectivity index (χ0n) is 12.2. The second kappa shape index (κ2) is 7.95. The first-order valence-corrected chi connectivity index (χ1v) is 8.25. The topological polar surface area (TPSA) is 24.9 Å². The number of nitrogens with zero attached hydrogens (tertiary/aromatic N) is 1. The number of nitrogens with one attached hydrogen (secondary N) is 1. The lowest BCUT2D eigenvalue weighted by Gasteiger charge is -2.06. The van der Waals surface area contributed by atoms with E-state index in [4.69, 9.17) is 0 Å². The maximum atomic E-state index is 4.43. The molecular formula is C17H22N2S. The molecule has 20 heavy (non-hydrogen) atoms. The van der Waals surface area contributed by atoms with Crippen LogP contribution in [0.15, 0.2) is 42.6 Å². The number of aromatic nitrogens is 1. The minimum absolute atomic E-state index is 0.972. The molecule has 0 spiro atoms. The van der Waals surface area contributed by atoms with Crippen LogP contribution in [0.2, 0.25) is 0 Å². The molecule has 3 heteroatoms. The molecule has 0 aliphatic carbocycles. The van der Waals surface area contributed by atoms with Gasteiger partial charge in [0.2, 0.25) is 0 Å². The number of anilines is 1. The molecule has 2 aromatic rings. The van der Waals surface area contributed by atoms with E-state index in [1.54, 1.807) is 0 Å². The van der Waals surface area contributed by atoms with Gasteiger partial charge in [0.15, 0.2) is 0 Å². The summed E-state index contributed by atoms with van der Waals surface area (Å²) in [4.78, 5) is 4.43. The zero-order chi connectivity index (χ0) is 14.2. The Kier molecular flexibility index (Phi) is 5.93. The summed E-state index contributed by atoms with van der Waals surface area (Å²) in [5.41, 5.74) is 4.00. The molecule has 0 saturated carbocycles. The van der Waals surface area contributed by atoms with Gasteiger partial charge in [-0.1, -0.05) is 42.8 Å². The highest BCUT2D eigenvalue weighted by Crippen LogP contribution is 2.18. The van der Waals surface area contributed by atoms with Gasteiger partial charge < -0.3 is 5.32 Å². The summed E-state index contributed by atoms with van der Waals surface area (Å²) in [5, 5.41) is 3.29. The van der Waals surface area contributed by atoms with Crippen LogP contribution in [0.5, 0.6) is 0 Å². The van der Waals surface area contributed by atoms with Crippen LogP contribution in [0.4, 0.5) is 5.82 Å². The van der Waals surface area contributed by atoms with Crippen molar-refractivity contribution in [3.05, 3.63) is 59.3 Å². The molecule has 0 radical (unpaired) electrons. The van der Waals surface area contributed by atoms with Gasteiger partial charge >= 0.3 is 0 Å². The Balaban J connectivity index is 1.79. The summed E-state index contributed by atoms with van der Waals surface area (Å²) in [7, 11) is 0. The minimum atomic E-state index is 0.972. The van der Waals surface area contributed by atoms with E-state index < -0.39 is 0 Å². The number of aryl methyl sites for hydroxylation is 1. The monoisotopic (exact) mass is 286 g/mol. The molecule has 0 amide bonds. The van der Waals surface area contributed by atoms with Crippen molar-refractivity contribution in [2.45, 2.75) is 31.8 Å². The third-order valence-corrected chi connectivity index (χ3v) is 4.08. The Morgan fingerprint density at radius 2 is 1.95 bits per heavy atom. The van der Waals surface area contributed by atoms with Gasteiger partial charge in [-0.15, -0.1) is 0 Å². The van der Waals surface area contributed by atoms with E-state index in [-0.39, 0.29) is 0 Å². The lowest BCUT2D eigenvalue weighted by molar-refractivity contribution is 0.968. The molecular weight excluding hydrogens is 264 g/mol. The predicted molar refractivity (Wildman–Crippen MR) is 89.2 cm³/mol. The standard InChI is InChI=1S/C17H22N2S/c1-3-9-18-17-8-7-16(11-19-17)13-20-12-15-6-4-5-14(2)10-15/h4-8,10-11H,3,9,12-13H2,1-2H3,(H,18,19). The highest BCUT2D eigenvalue weighted by molar-refractivity contribution is 7.97. The third kappa shape index (κ3) is 4.89. The molecule has 2 nitrogen and oxygen atoms in total. The molecule has 0 fully saturated rings. The van der Waals surface area contributed by atoms with Crippen LogP contribution in [-0.2, 0) is 11.5 Å². The number of hydrogen-bond acceptors (Lipinski definition) is 3. The first kappa shape index (κ1) is 14.9. The van der Waals surface area contributed by atoms with Gasteiger partial charge in [-0.3, -0.25) is 0 Å². The van der Waals surface area contributed by atoms with Gasteiger partial charge in [0.05, 0.1) is 0 Å². The van der Waals surface area contributed by atoms with Gasteiger partial charge in [0.25, 0.3) is 0 Å². The first-order valence-electron chi connectivity index (χ1n) is 7.10. The van der Waals surface area contributed by atoms with E-state index in [0.29, 0.717) is 0 Å². The Hall–Kier alpha value is -1.48. The van der Waals surface area contributed by atoms with Crippen molar-refractivity contribution in [1.29, 1.82) is 0 Å². The SMILES string of the molecule is CCCNc1ccc(CSCc2cccc(C)c2)cn1. The van der Waals surface area contributed by atoms with E-state index in [9.17, 15) is 0 Å². The highest BCUT2D eigenvalue weighted by atomic mass is 32.2. The van der Waals surface area contributed by atoms with Crippen molar-refractivity contribution in [2.75, 3.05) is 11.9 Å². The van der Waals surface area contributed by atoms with E-state index in [0.717, 1.165) is 30.3 Å².